The lowest BCUT2D eigenvalue weighted by Gasteiger charge is -2.39. The van der Waals surface area contributed by atoms with E-state index in [4.69, 9.17) is 9.47 Å². The van der Waals surface area contributed by atoms with E-state index < -0.39 is 11.5 Å². The fourth-order valence-corrected chi connectivity index (χ4v) is 3.34. The minimum Gasteiger partial charge on any atom is -0.479 e. The van der Waals surface area contributed by atoms with Gasteiger partial charge in [0.25, 0.3) is 0 Å². The predicted molar refractivity (Wildman–Crippen MR) is 68.4 cm³/mol. The number of ether oxygens (including phenoxy) is 2. The lowest BCUT2D eigenvalue weighted by Crippen LogP contribution is -2.62. The molecule has 3 atom stereocenters. The van der Waals surface area contributed by atoms with E-state index in [9.17, 15) is 14.7 Å². The number of amides is 2. The van der Waals surface area contributed by atoms with Crippen molar-refractivity contribution >= 4 is 12.0 Å². The summed E-state index contributed by atoms with van der Waals surface area (Å²) in [5.41, 5.74) is -1.27. The van der Waals surface area contributed by atoms with Crippen LogP contribution in [-0.2, 0) is 14.3 Å². The normalized spacial score (nSPS) is 36.7. The Hall–Kier alpha value is -1.34. The van der Waals surface area contributed by atoms with Crippen LogP contribution >= 0.6 is 0 Å². The summed E-state index contributed by atoms with van der Waals surface area (Å²) >= 11 is 0. The molecule has 2 aliphatic heterocycles. The zero-order valence-corrected chi connectivity index (χ0v) is 11.3. The Morgan fingerprint density at radius 3 is 2.85 bits per heavy atom. The molecule has 2 saturated heterocycles. The molecule has 3 rings (SSSR count). The van der Waals surface area contributed by atoms with Crippen LogP contribution in [0.15, 0.2) is 0 Å². The number of nitrogens with one attached hydrogen (secondary N) is 1. The Morgan fingerprint density at radius 2 is 2.15 bits per heavy atom. The van der Waals surface area contributed by atoms with E-state index in [0.717, 1.165) is 19.3 Å². The van der Waals surface area contributed by atoms with Crippen LogP contribution in [0.1, 0.15) is 25.7 Å². The van der Waals surface area contributed by atoms with Crippen molar-refractivity contribution in [2.24, 2.45) is 0 Å². The first kappa shape index (κ1) is 13.6. The number of carboxylic acid groups (broad SMARTS) is 1. The quantitative estimate of drug-likeness (QED) is 0.756. The summed E-state index contributed by atoms with van der Waals surface area (Å²) in [5.74, 6) is -1.03. The SMILES string of the molecule is O=C(NC1(C(=O)O)CCOC1)N1CCOC2CCCC21. The molecule has 0 bridgehead atoms. The number of nitrogens with zero attached hydrogens (tertiary/aromatic N) is 1. The fourth-order valence-electron chi connectivity index (χ4n) is 3.34. The van der Waals surface area contributed by atoms with Gasteiger partial charge < -0.3 is 24.8 Å². The number of carbonyl (C=O) groups is 2. The van der Waals surface area contributed by atoms with Gasteiger partial charge in [0.15, 0.2) is 5.54 Å². The molecule has 2 amide bonds. The monoisotopic (exact) mass is 284 g/mol. The molecule has 3 aliphatic rings. The van der Waals surface area contributed by atoms with Crippen LogP contribution in [0.5, 0.6) is 0 Å². The molecule has 1 saturated carbocycles. The lowest BCUT2D eigenvalue weighted by atomic mass is 9.99. The molecule has 112 valence electrons. The van der Waals surface area contributed by atoms with Gasteiger partial charge in [-0.05, 0) is 19.3 Å². The van der Waals surface area contributed by atoms with Gasteiger partial charge in [-0.1, -0.05) is 0 Å². The van der Waals surface area contributed by atoms with Gasteiger partial charge in [-0.15, -0.1) is 0 Å². The summed E-state index contributed by atoms with van der Waals surface area (Å²) in [5, 5.41) is 12.0. The Labute approximate surface area is 117 Å². The topological polar surface area (TPSA) is 88.1 Å². The van der Waals surface area contributed by atoms with Crippen molar-refractivity contribution in [2.45, 2.75) is 43.4 Å². The number of hydrogen-bond acceptors (Lipinski definition) is 4. The van der Waals surface area contributed by atoms with E-state index >= 15 is 0 Å². The molecule has 3 fully saturated rings. The fraction of sp³-hybridized carbons (Fsp3) is 0.846. The first-order valence-electron chi connectivity index (χ1n) is 7.14. The lowest BCUT2D eigenvalue weighted by molar-refractivity contribution is -0.144. The number of urea groups is 1. The highest BCUT2D eigenvalue weighted by Gasteiger charge is 2.46. The second-order valence-electron chi connectivity index (χ2n) is 5.72. The second kappa shape index (κ2) is 5.21. The molecule has 0 spiro atoms. The molecule has 0 aromatic rings. The predicted octanol–water partition coefficient (Wildman–Crippen LogP) is 0.193. The van der Waals surface area contributed by atoms with Gasteiger partial charge in [-0.25, -0.2) is 9.59 Å². The molecule has 20 heavy (non-hydrogen) atoms. The van der Waals surface area contributed by atoms with Crippen LogP contribution in [0.25, 0.3) is 0 Å². The van der Waals surface area contributed by atoms with Gasteiger partial charge >= 0.3 is 12.0 Å². The smallest absolute Gasteiger partial charge is 0.332 e. The highest BCUT2D eigenvalue weighted by Crippen LogP contribution is 2.30. The summed E-state index contributed by atoms with van der Waals surface area (Å²) in [7, 11) is 0. The maximum atomic E-state index is 12.4. The number of morpholine rings is 1. The van der Waals surface area contributed by atoms with Crippen molar-refractivity contribution in [3.8, 4) is 0 Å². The molecule has 0 radical (unpaired) electrons. The first-order valence-corrected chi connectivity index (χ1v) is 7.14. The maximum Gasteiger partial charge on any atom is 0.332 e. The van der Waals surface area contributed by atoms with E-state index in [1.807, 2.05) is 0 Å². The van der Waals surface area contributed by atoms with Crippen molar-refractivity contribution in [3.63, 3.8) is 0 Å². The molecule has 0 aromatic carbocycles. The van der Waals surface area contributed by atoms with E-state index in [1.54, 1.807) is 4.90 Å². The highest BCUT2D eigenvalue weighted by molar-refractivity contribution is 5.87. The average molecular weight is 284 g/mol. The van der Waals surface area contributed by atoms with Gasteiger partial charge in [0.1, 0.15) is 0 Å². The van der Waals surface area contributed by atoms with E-state index in [1.165, 1.54) is 0 Å². The molecule has 7 nitrogen and oxygen atoms in total. The van der Waals surface area contributed by atoms with Crippen molar-refractivity contribution < 1.29 is 24.2 Å². The first-order chi connectivity index (χ1) is 9.62. The maximum absolute atomic E-state index is 12.4. The van der Waals surface area contributed by atoms with Crippen molar-refractivity contribution in [1.29, 1.82) is 0 Å². The van der Waals surface area contributed by atoms with Gasteiger partial charge in [0.05, 0.1) is 25.4 Å². The van der Waals surface area contributed by atoms with Crippen LogP contribution in [0.3, 0.4) is 0 Å². The molecule has 7 heteroatoms. The summed E-state index contributed by atoms with van der Waals surface area (Å²) < 4.78 is 10.8. The largest absolute Gasteiger partial charge is 0.479 e. The molecule has 3 unspecified atom stereocenters. The van der Waals surface area contributed by atoms with Gasteiger partial charge in [0.2, 0.25) is 0 Å². The number of fused-ring (bicyclic) bond motifs is 1. The Balaban J connectivity index is 1.70. The number of carbonyl (C=O) groups excluding carboxylic acids is 1. The Kier molecular flexibility index (Phi) is 3.55. The zero-order chi connectivity index (χ0) is 14.2. The van der Waals surface area contributed by atoms with E-state index in [-0.39, 0.29) is 24.8 Å². The van der Waals surface area contributed by atoms with Crippen molar-refractivity contribution in [2.75, 3.05) is 26.4 Å². The number of aliphatic carboxylic acids is 1. The van der Waals surface area contributed by atoms with Crippen LogP contribution in [0.2, 0.25) is 0 Å². The highest BCUT2D eigenvalue weighted by atomic mass is 16.5. The standard InChI is InChI=1S/C13H20N2O5/c16-11(17)13(4-6-19-8-13)14-12(18)15-5-7-20-10-3-1-2-9(10)15/h9-10H,1-8H2,(H,14,18)(H,16,17). The van der Waals surface area contributed by atoms with Gasteiger partial charge in [0, 0.05) is 19.6 Å². The van der Waals surface area contributed by atoms with E-state index in [0.29, 0.717) is 26.2 Å². The van der Waals surface area contributed by atoms with Gasteiger partial charge in [-0.3, -0.25) is 0 Å². The molecule has 0 aromatic heterocycles. The molecular weight excluding hydrogens is 264 g/mol. The summed E-state index contributed by atoms with van der Waals surface area (Å²) in [6, 6.07) is -0.227. The summed E-state index contributed by atoms with van der Waals surface area (Å²) in [4.78, 5) is 25.6. The number of carboxylic acids is 1. The Bertz CT molecular complexity index is 408. The molecular formula is C13H20N2O5. The molecule has 2 N–H and O–H groups in total. The molecule has 2 heterocycles. The van der Waals surface area contributed by atoms with Gasteiger partial charge in [-0.2, -0.15) is 0 Å². The summed E-state index contributed by atoms with van der Waals surface area (Å²) in [6.45, 7) is 1.43. The number of rotatable bonds is 2. The zero-order valence-electron chi connectivity index (χ0n) is 11.3. The van der Waals surface area contributed by atoms with E-state index in [2.05, 4.69) is 5.32 Å². The van der Waals surface area contributed by atoms with Crippen LogP contribution in [0.4, 0.5) is 4.79 Å². The van der Waals surface area contributed by atoms with Crippen LogP contribution < -0.4 is 5.32 Å². The number of hydrogen-bond donors (Lipinski definition) is 2. The Morgan fingerprint density at radius 1 is 1.30 bits per heavy atom. The minimum absolute atomic E-state index is 0.0342. The van der Waals surface area contributed by atoms with Crippen LogP contribution in [0, 0.1) is 0 Å². The average Bonchev–Trinajstić information content (AvgIpc) is 3.06. The van der Waals surface area contributed by atoms with Crippen molar-refractivity contribution in [3.05, 3.63) is 0 Å². The third kappa shape index (κ3) is 2.25. The second-order valence-corrected chi connectivity index (χ2v) is 5.72. The summed E-state index contributed by atoms with van der Waals surface area (Å²) in [6.07, 6.45) is 3.37. The third-order valence-electron chi connectivity index (χ3n) is 4.52. The third-order valence-corrected chi connectivity index (χ3v) is 4.52. The van der Waals surface area contributed by atoms with Crippen LogP contribution in [-0.4, -0.2) is 66.1 Å². The van der Waals surface area contributed by atoms with Crippen molar-refractivity contribution in [1.82, 2.24) is 10.2 Å². The minimum atomic E-state index is -1.27. The molecule has 1 aliphatic carbocycles.